The lowest BCUT2D eigenvalue weighted by Crippen LogP contribution is -2.12. The number of nitrogens with zero attached hydrogens (tertiary/aromatic N) is 2. The number of rotatable bonds is 6. The third-order valence-corrected chi connectivity index (χ3v) is 4.64. The van der Waals surface area contributed by atoms with Gasteiger partial charge in [0.1, 0.15) is 23.1 Å². The van der Waals surface area contributed by atoms with Gasteiger partial charge in [0.2, 0.25) is 11.8 Å². The van der Waals surface area contributed by atoms with Crippen LogP contribution in [0.2, 0.25) is 0 Å². The average molecular weight is 423 g/mol. The quantitative estimate of drug-likeness (QED) is 0.451. The Morgan fingerprint density at radius 1 is 0.935 bits per heavy atom. The zero-order valence-corrected chi connectivity index (χ0v) is 16.1. The molecule has 0 fully saturated rings. The molecule has 0 aliphatic rings. The number of amides is 1. The van der Waals surface area contributed by atoms with E-state index in [1.54, 1.807) is 12.1 Å². The zero-order valence-electron chi connectivity index (χ0n) is 16.1. The van der Waals surface area contributed by atoms with Crippen molar-refractivity contribution in [2.45, 2.75) is 12.8 Å². The number of hydrogen-bond donors (Lipinski definition) is 1. The molecule has 2 heterocycles. The highest BCUT2D eigenvalue weighted by Gasteiger charge is 2.26. The van der Waals surface area contributed by atoms with Gasteiger partial charge in [-0.25, -0.2) is 13.2 Å². The third kappa shape index (κ3) is 4.48. The van der Waals surface area contributed by atoms with Gasteiger partial charge in [-0.15, -0.1) is 0 Å². The van der Waals surface area contributed by atoms with Crippen LogP contribution in [0.15, 0.2) is 71.5 Å². The van der Waals surface area contributed by atoms with Gasteiger partial charge in [0, 0.05) is 30.9 Å². The lowest BCUT2D eigenvalue weighted by atomic mass is 10.0. The van der Waals surface area contributed by atoms with Crippen molar-refractivity contribution in [3.63, 3.8) is 0 Å². The Hall–Kier alpha value is -3.94. The molecule has 1 amide bonds. The molecule has 0 aliphatic heterocycles. The topological polar surface area (TPSA) is 68.0 Å². The summed E-state index contributed by atoms with van der Waals surface area (Å²) in [6.45, 7) is 0. The molecule has 0 unspecified atom stereocenters. The number of carbonyl (C=O) groups excluding carboxylic acids is 1. The lowest BCUT2D eigenvalue weighted by molar-refractivity contribution is -0.116. The van der Waals surface area contributed by atoms with Crippen molar-refractivity contribution in [3.8, 4) is 22.4 Å². The van der Waals surface area contributed by atoms with Gasteiger partial charge in [-0.05, 0) is 29.7 Å². The molecule has 0 spiro atoms. The number of hydrogen-bond acceptors (Lipinski definition) is 4. The SMILES string of the molecule is O=C(CCc1ccccc1)Nc1onc(-c2c(F)cc(F)cc2F)c1-c1ccncc1. The summed E-state index contributed by atoms with van der Waals surface area (Å²) >= 11 is 0. The molecule has 2 aromatic heterocycles. The molecule has 0 bridgehead atoms. The molecular formula is C23H16F3N3O2. The Morgan fingerprint density at radius 2 is 1.61 bits per heavy atom. The molecule has 4 aromatic rings. The molecule has 31 heavy (non-hydrogen) atoms. The molecule has 0 saturated carbocycles. The van der Waals surface area contributed by atoms with Crippen LogP contribution in [0.25, 0.3) is 22.4 Å². The molecular weight excluding hydrogens is 407 g/mol. The van der Waals surface area contributed by atoms with Crippen molar-refractivity contribution < 1.29 is 22.5 Å². The maximum atomic E-state index is 14.4. The van der Waals surface area contributed by atoms with Gasteiger partial charge in [-0.1, -0.05) is 35.5 Å². The summed E-state index contributed by atoms with van der Waals surface area (Å²) in [6.07, 6.45) is 3.61. The summed E-state index contributed by atoms with van der Waals surface area (Å²) in [6, 6.07) is 13.7. The van der Waals surface area contributed by atoms with Gasteiger partial charge in [-0.3, -0.25) is 15.1 Å². The first-order valence-corrected chi connectivity index (χ1v) is 9.41. The number of anilines is 1. The van der Waals surface area contributed by atoms with Crippen LogP contribution < -0.4 is 5.32 Å². The summed E-state index contributed by atoms with van der Waals surface area (Å²) in [5.41, 5.74) is 0.870. The first kappa shape index (κ1) is 20.3. The van der Waals surface area contributed by atoms with Crippen molar-refractivity contribution in [2.24, 2.45) is 0 Å². The molecule has 0 atom stereocenters. The Bertz CT molecular complexity index is 1190. The summed E-state index contributed by atoms with van der Waals surface area (Å²) in [4.78, 5) is 16.4. The second-order valence-corrected chi connectivity index (χ2v) is 6.75. The molecule has 156 valence electrons. The normalized spacial score (nSPS) is 10.8. The van der Waals surface area contributed by atoms with Crippen LogP contribution >= 0.6 is 0 Å². The smallest absolute Gasteiger partial charge is 0.239 e. The highest BCUT2D eigenvalue weighted by Crippen LogP contribution is 2.39. The van der Waals surface area contributed by atoms with Crippen LogP contribution in [-0.4, -0.2) is 16.0 Å². The van der Waals surface area contributed by atoms with E-state index in [1.807, 2.05) is 30.3 Å². The van der Waals surface area contributed by atoms with Gasteiger partial charge in [0.25, 0.3) is 0 Å². The minimum Gasteiger partial charge on any atom is -0.337 e. The van der Waals surface area contributed by atoms with Crippen LogP contribution in [-0.2, 0) is 11.2 Å². The van der Waals surface area contributed by atoms with E-state index >= 15 is 0 Å². The molecule has 5 nitrogen and oxygen atoms in total. The largest absolute Gasteiger partial charge is 0.337 e. The predicted octanol–water partition coefficient (Wildman–Crippen LogP) is 5.39. The summed E-state index contributed by atoms with van der Waals surface area (Å²) in [5, 5.41) is 6.39. The second-order valence-electron chi connectivity index (χ2n) is 6.75. The molecule has 8 heteroatoms. The minimum absolute atomic E-state index is 0.0672. The fourth-order valence-corrected chi connectivity index (χ4v) is 3.19. The number of benzene rings is 2. The van der Waals surface area contributed by atoms with Crippen LogP contribution in [0.4, 0.5) is 19.1 Å². The van der Waals surface area contributed by atoms with Crippen molar-refractivity contribution in [1.82, 2.24) is 10.1 Å². The highest BCUT2D eigenvalue weighted by molar-refractivity contribution is 5.97. The first-order valence-electron chi connectivity index (χ1n) is 9.41. The molecule has 2 aromatic carbocycles. The van der Waals surface area contributed by atoms with Crippen molar-refractivity contribution in [2.75, 3.05) is 5.32 Å². The van der Waals surface area contributed by atoms with Crippen LogP contribution in [0.5, 0.6) is 0 Å². The van der Waals surface area contributed by atoms with Crippen molar-refractivity contribution in [1.29, 1.82) is 0 Å². The number of nitrogens with one attached hydrogen (secondary N) is 1. The van der Waals surface area contributed by atoms with E-state index in [0.29, 0.717) is 24.1 Å². The number of pyridine rings is 1. The van der Waals surface area contributed by atoms with E-state index in [2.05, 4.69) is 15.5 Å². The standard InChI is InChI=1S/C23H16F3N3O2/c24-16-12-17(25)21(18(26)13-16)22-20(15-8-10-27-11-9-15)23(31-29-22)28-19(30)7-6-14-4-2-1-3-5-14/h1-5,8-13H,6-7H2,(H,28,30). The lowest BCUT2D eigenvalue weighted by Gasteiger charge is -2.08. The number of aryl methyl sites for hydroxylation is 1. The van der Waals surface area contributed by atoms with Crippen molar-refractivity contribution in [3.05, 3.63) is 90.0 Å². The summed E-state index contributed by atoms with van der Waals surface area (Å²) in [7, 11) is 0. The molecule has 0 radical (unpaired) electrons. The Balaban J connectivity index is 1.68. The molecule has 0 saturated heterocycles. The van der Waals surface area contributed by atoms with Crippen LogP contribution in [0.3, 0.4) is 0 Å². The fourth-order valence-electron chi connectivity index (χ4n) is 3.19. The maximum absolute atomic E-state index is 14.4. The number of halogens is 3. The van der Waals surface area contributed by atoms with E-state index in [9.17, 15) is 18.0 Å². The van der Waals surface area contributed by atoms with Gasteiger partial charge in [0.05, 0.1) is 11.1 Å². The minimum atomic E-state index is -1.14. The van der Waals surface area contributed by atoms with Gasteiger partial charge in [-0.2, -0.15) is 0 Å². The Morgan fingerprint density at radius 3 is 2.29 bits per heavy atom. The molecule has 1 N–H and O–H groups in total. The monoisotopic (exact) mass is 423 g/mol. The van der Waals surface area contributed by atoms with E-state index in [4.69, 9.17) is 4.52 Å². The second kappa shape index (κ2) is 8.83. The van der Waals surface area contributed by atoms with E-state index in [0.717, 1.165) is 5.56 Å². The Labute approximate surface area is 175 Å². The summed E-state index contributed by atoms with van der Waals surface area (Å²) < 4.78 is 47.4. The third-order valence-electron chi connectivity index (χ3n) is 4.64. The summed E-state index contributed by atoms with van der Waals surface area (Å²) in [5.74, 6) is -3.75. The first-order chi connectivity index (χ1) is 15.0. The molecule has 4 rings (SSSR count). The fraction of sp³-hybridized carbons (Fsp3) is 0.0870. The molecule has 0 aliphatic carbocycles. The number of carbonyl (C=O) groups is 1. The average Bonchev–Trinajstić information content (AvgIpc) is 3.16. The van der Waals surface area contributed by atoms with Gasteiger partial charge in [0.15, 0.2) is 0 Å². The van der Waals surface area contributed by atoms with Gasteiger partial charge >= 0.3 is 0 Å². The van der Waals surface area contributed by atoms with Crippen LogP contribution in [0, 0.1) is 17.5 Å². The predicted molar refractivity (Wildman–Crippen MR) is 108 cm³/mol. The maximum Gasteiger partial charge on any atom is 0.239 e. The highest BCUT2D eigenvalue weighted by atomic mass is 19.1. The van der Waals surface area contributed by atoms with E-state index in [1.165, 1.54) is 12.4 Å². The van der Waals surface area contributed by atoms with Crippen molar-refractivity contribution >= 4 is 11.8 Å². The van der Waals surface area contributed by atoms with E-state index in [-0.39, 0.29) is 29.5 Å². The van der Waals surface area contributed by atoms with Gasteiger partial charge < -0.3 is 4.52 Å². The zero-order chi connectivity index (χ0) is 21.8. The van der Waals surface area contributed by atoms with E-state index < -0.39 is 23.0 Å². The number of aromatic nitrogens is 2. The Kier molecular flexibility index (Phi) is 5.79. The van der Waals surface area contributed by atoms with Crippen LogP contribution in [0.1, 0.15) is 12.0 Å².